The van der Waals surface area contributed by atoms with E-state index in [4.69, 9.17) is 21.1 Å². The molecular formula is C23H28ClN5O3S. The van der Waals surface area contributed by atoms with Crippen LogP contribution >= 0.6 is 23.4 Å². The van der Waals surface area contributed by atoms with Crippen molar-refractivity contribution in [2.75, 3.05) is 43.3 Å². The maximum absolute atomic E-state index is 12.6. The number of thioether (sulfide) groups is 1. The van der Waals surface area contributed by atoms with E-state index in [1.165, 1.54) is 31.7 Å². The molecule has 0 saturated heterocycles. The quantitative estimate of drug-likeness (QED) is 0.412. The maximum Gasteiger partial charge on any atom is 0.234 e. The molecule has 1 amide bonds. The van der Waals surface area contributed by atoms with Crippen LogP contribution in [-0.2, 0) is 11.8 Å². The summed E-state index contributed by atoms with van der Waals surface area (Å²) in [6.45, 7) is 6.19. The molecular weight excluding hydrogens is 462 g/mol. The maximum atomic E-state index is 12.6. The van der Waals surface area contributed by atoms with Crippen LogP contribution in [0.4, 0.5) is 11.4 Å². The number of rotatable bonds is 10. The third-order valence-electron chi connectivity index (χ3n) is 5.17. The fraction of sp³-hybridized carbons (Fsp3) is 0.348. The number of benzene rings is 2. The largest absolute Gasteiger partial charge is 0.495 e. The van der Waals surface area contributed by atoms with Gasteiger partial charge < -0.3 is 24.3 Å². The first-order valence-electron chi connectivity index (χ1n) is 10.5. The first kappa shape index (κ1) is 24.7. The monoisotopic (exact) mass is 489 g/mol. The van der Waals surface area contributed by atoms with Crippen molar-refractivity contribution < 1.29 is 14.3 Å². The topological polar surface area (TPSA) is 81.5 Å². The minimum atomic E-state index is -0.212. The lowest BCUT2D eigenvalue weighted by Crippen LogP contribution is -2.21. The number of methoxy groups -OCH3 is 2. The van der Waals surface area contributed by atoms with Crippen LogP contribution < -0.4 is 19.7 Å². The number of hydrogen-bond donors (Lipinski definition) is 1. The first-order chi connectivity index (χ1) is 15.9. The van der Waals surface area contributed by atoms with Crippen LogP contribution in [0.25, 0.3) is 11.4 Å². The van der Waals surface area contributed by atoms with E-state index in [2.05, 4.69) is 46.4 Å². The molecule has 10 heteroatoms. The van der Waals surface area contributed by atoms with Gasteiger partial charge in [-0.3, -0.25) is 4.79 Å². The Hall–Kier alpha value is -2.91. The van der Waals surface area contributed by atoms with E-state index in [-0.39, 0.29) is 11.7 Å². The van der Waals surface area contributed by atoms with Crippen molar-refractivity contribution in [2.45, 2.75) is 19.0 Å². The fourth-order valence-electron chi connectivity index (χ4n) is 3.38. The van der Waals surface area contributed by atoms with Crippen LogP contribution in [0.3, 0.4) is 0 Å². The molecule has 0 aliphatic rings. The Morgan fingerprint density at radius 3 is 2.36 bits per heavy atom. The van der Waals surface area contributed by atoms with Crippen molar-refractivity contribution in [1.29, 1.82) is 0 Å². The summed E-state index contributed by atoms with van der Waals surface area (Å²) >= 11 is 7.43. The molecule has 1 aromatic heterocycles. The van der Waals surface area contributed by atoms with Crippen molar-refractivity contribution in [1.82, 2.24) is 14.8 Å². The summed E-state index contributed by atoms with van der Waals surface area (Å²) in [4.78, 5) is 14.8. The molecule has 0 spiro atoms. The number of halogens is 1. The van der Waals surface area contributed by atoms with Crippen molar-refractivity contribution in [3.8, 4) is 22.9 Å². The van der Waals surface area contributed by atoms with Gasteiger partial charge in [0, 0.05) is 43.5 Å². The molecule has 0 atom stereocenters. The Kier molecular flexibility index (Phi) is 8.46. The number of nitrogens with one attached hydrogen (secondary N) is 1. The van der Waals surface area contributed by atoms with Crippen LogP contribution in [0.5, 0.6) is 11.5 Å². The number of nitrogens with zero attached hydrogens (tertiary/aromatic N) is 4. The van der Waals surface area contributed by atoms with E-state index in [0.29, 0.717) is 27.4 Å². The summed E-state index contributed by atoms with van der Waals surface area (Å²) in [7, 11) is 4.91. The molecule has 2 aromatic carbocycles. The van der Waals surface area contributed by atoms with Gasteiger partial charge in [-0.25, -0.2) is 0 Å². The average Bonchev–Trinajstić information content (AvgIpc) is 3.20. The van der Waals surface area contributed by atoms with Crippen molar-refractivity contribution in [2.24, 2.45) is 7.05 Å². The normalized spacial score (nSPS) is 10.7. The minimum Gasteiger partial charge on any atom is -0.495 e. The molecule has 1 N–H and O–H groups in total. The number of carbonyl (C=O) groups is 1. The number of anilines is 2. The minimum absolute atomic E-state index is 0.154. The summed E-state index contributed by atoms with van der Waals surface area (Å²) < 4.78 is 12.4. The van der Waals surface area contributed by atoms with Gasteiger partial charge in [-0.2, -0.15) is 0 Å². The molecule has 3 aromatic rings. The van der Waals surface area contributed by atoms with E-state index in [9.17, 15) is 4.79 Å². The number of aromatic nitrogens is 3. The van der Waals surface area contributed by atoms with E-state index in [1.54, 1.807) is 12.1 Å². The lowest BCUT2D eigenvalue weighted by molar-refractivity contribution is -0.113. The predicted molar refractivity (Wildman–Crippen MR) is 134 cm³/mol. The van der Waals surface area contributed by atoms with E-state index in [0.717, 1.165) is 24.5 Å². The Bertz CT molecular complexity index is 1100. The zero-order chi connectivity index (χ0) is 24.0. The Balaban J connectivity index is 1.67. The third-order valence-corrected chi connectivity index (χ3v) is 6.48. The van der Waals surface area contributed by atoms with Crippen LogP contribution in [0.15, 0.2) is 41.6 Å². The predicted octanol–water partition coefficient (Wildman–Crippen LogP) is 4.73. The highest BCUT2D eigenvalue weighted by Crippen LogP contribution is 2.36. The molecule has 0 fully saturated rings. The molecule has 33 heavy (non-hydrogen) atoms. The molecule has 0 unspecified atom stereocenters. The molecule has 1 heterocycles. The van der Waals surface area contributed by atoms with Crippen molar-refractivity contribution in [3.05, 3.63) is 41.4 Å². The number of ether oxygens (including phenoxy) is 2. The van der Waals surface area contributed by atoms with Gasteiger partial charge in [0.1, 0.15) is 11.5 Å². The second-order valence-corrected chi connectivity index (χ2v) is 8.46. The van der Waals surface area contributed by atoms with Gasteiger partial charge in [-0.05, 0) is 38.1 Å². The molecule has 0 bridgehead atoms. The van der Waals surface area contributed by atoms with Crippen molar-refractivity contribution >= 4 is 40.6 Å². The second kappa shape index (κ2) is 11.3. The lowest BCUT2D eigenvalue weighted by atomic mass is 10.2. The van der Waals surface area contributed by atoms with E-state index < -0.39 is 0 Å². The summed E-state index contributed by atoms with van der Waals surface area (Å²) in [5.74, 6) is 1.59. The molecule has 0 saturated carbocycles. The van der Waals surface area contributed by atoms with Gasteiger partial charge in [0.15, 0.2) is 11.0 Å². The van der Waals surface area contributed by atoms with E-state index in [1.807, 2.05) is 23.7 Å². The average molecular weight is 490 g/mol. The zero-order valence-electron chi connectivity index (χ0n) is 19.4. The van der Waals surface area contributed by atoms with Gasteiger partial charge in [0.2, 0.25) is 5.91 Å². The van der Waals surface area contributed by atoms with Gasteiger partial charge in [0.25, 0.3) is 0 Å². The molecule has 176 valence electrons. The first-order valence-corrected chi connectivity index (χ1v) is 11.9. The highest BCUT2D eigenvalue weighted by molar-refractivity contribution is 7.99. The number of carbonyl (C=O) groups excluding carboxylic acids is 1. The SMILES string of the molecule is CCN(CC)c1ccc(-c2nnc(SCC(=O)Nc3cc(OC)c(Cl)cc3OC)n2C)cc1. The Morgan fingerprint density at radius 1 is 1.09 bits per heavy atom. The highest BCUT2D eigenvalue weighted by Gasteiger charge is 2.16. The van der Waals surface area contributed by atoms with Crippen LogP contribution in [0.2, 0.25) is 5.02 Å². The molecule has 8 nitrogen and oxygen atoms in total. The standard InChI is InChI=1S/C23H28ClN5O3S/c1-6-29(7-2)16-10-8-15(9-11-16)22-26-27-23(28(22)3)33-14-21(30)25-18-13-19(31-4)17(24)12-20(18)32-5/h8-13H,6-7,14H2,1-5H3,(H,25,30). The van der Waals surface area contributed by atoms with Gasteiger partial charge in [-0.15, -0.1) is 10.2 Å². The smallest absolute Gasteiger partial charge is 0.234 e. The molecule has 0 radical (unpaired) electrons. The van der Waals surface area contributed by atoms with Crippen LogP contribution in [-0.4, -0.2) is 53.7 Å². The summed E-state index contributed by atoms with van der Waals surface area (Å²) in [5, 5.41) is 12.5. The Labute approximate surface area is 203 Å². The number of amides is 1. The van der Waals surface area contributed by atoms with Gasteiger partial charge in [0.05, 0.1) is 30.7 Å². The molecule has 3 rings (SSSR count). The summed E-state index contributed by atoms with van der Waals surface area (Å²) in [5.41, 5.74) is 2.62. The Morgan fingerprint density at radius 2 is 1.76 bits per heavy atom. The molecule has 0 aliphatic carbocycles. The summed E-state index contributed by atoms with van der Waals surface area (Å²) in [6, 6.07) is 11.5. The van der Waals surface area contributed by atoms with Crippen molar-refractivity contribution in [3.63, 3.8) is 0 Å². The fourth-order valence-corrected chi connectivity index (χ4v) is 4.32. The van der Waals surface area contributed by atoms with Crippen LogP contribution in [0, 0.1) is 0 Å². The number of hydrogen-bond acceptors (Lipinski definition) is 7. The summed E-state index contributed by atoms with van der Waals surface area (Å²) in [6.07, 6.45) is 0. The van der Waals surface area contributed by atoms with Gasteiger partial charge >= 0.3 is 0 Å². The molecule has 0 aliphatic heterocycles. The highest BCUT2D eigenvalue weighted by atomic mass is 35.5. The zero-order valence-corrected chi connectivity index (χ0v) is 21.0. The van der Waals surface area contributed by atoms with E-state index >= 15 is 0 Å². The van der Waals surface area contributed by atoms with Gasteiger partial charge in [-0.1, -0.05) is 23.4 Å². The van der Waals surface area contributed by atoms with Crippen LogP contribution in [0.1, 0.15) is 13.8 Å². The second-order valence-electron chi connectivity index (χ2n) is 7.11. The third kappa shape index (κ3) is 5.72. The lowest BCUT2D eigenvalue weighted by Gasteiger charge is -2.21.